The summed E-state index contributed by atoms with van der Waals surface area (Å²) in [5.41, 5.74) is 0. The third-order valence-electron chi connectivity index (χ3n) is 4.31. The highest BCUT2D eigenvalue weighted by Gasteiger charge is 2.29. The number of piperidine rings is 1. The molecular formula is C16H32N2OS. The zero-order valence-corrected chi connectivity index (χ0v) is 14.3. The Balaban J connectivity index is 0.000000206. The van der Waals surface area contributed by atoms with Crippen molar-refractivity contribution in [3.8, 4) is 0 Å². The van der Waals surface area contributed by atoms with Gasteiger partial charge in [0, 0.05) is 19.2 Å². The smallest absolute Gasteiger partial charge is 0.226 e. The van der Waals surface area contributed by atoms with Crippen LogP contribution in [0.3, 0.4) is 0 Å². The van der Waals surface area contributed by atoms with Crippen molar-refractivity contribution in [3.05, 3.63) is 0 Å². The minimum atomic E-state index is 0.0381. The summed E-state index contributed by atoms with van der Waals surface area (Å²) in [5, 5.41) is 0. The fourth-order valence-corrected chi connectivity index (χ4v) is 3.89. The zero-order valence-electron chi connectivity index (χ0n) is 13.5. The van der Waals surface area contributed by atoms with Crippen molar-refractivity contribution >= 4 is 17.9 Å². The zero-order chi connectivity index (χ0) is 14.8. The van der Waals surface area contributed by atoms with Crippen molar-refractivity contribution in [2.24, 2.45) is 11.8 Å². The van der Waals surface area contributed by atoms with Crippen LogP contribution < -0.4 is 4.72 Å². The fourth-order valence-electron chi connectivity index (χ4n) is 3.15. The Bertz CT molecular complexity index is 273. The first-order chi connectivity index (χ1) is 9.63. The molecule has 0 bridgehead atoms. The maximum absolute atomic E-state index is 10.3. The first-order valence-corrected chi connectivity index (χ1v) is 9.19. The second-order valence-corrected chi connectivity index (χ2v) is 7.12. The number of nitrogens with zero attached hydrogens (tertiary/aromatic N) is 1. The number of unbranched alkanes of at least 4 members (excludes halogenated alkanes) is 1. The largest absolute Gasteiger partial charge is 0.306 e. The number of nitrogens with one attached hydrogen (secondary N) is 1. The Morgan fingerprint density at radius 1 is 1.25 bits per heavy atom. The van der Waals surface area contributed by atoms with Crippen LogP contribution in [0.2, 0.25) is 0 Å². The Labute approximate surface area is 129 Å². The molecule has 0 radical (unpaired) electrons. The number of carbonyl (C=O) groups excluding carboxylic acids is 1. The predicted molar refractivity (Wildman–Crippen MR) is 88.7 cm³/mol. The van der Waals surface area contributed by atoms with Crippen LogP contribution in [0.5, 0.6) is 0 Å². The van der Waals surface area contributed by atoms with Gasteiger partial charge in [-0.3, -0.25) is 4.79 Å². The van der Waals surface area contributed by atoms with E-state index in [1.807, 2.05) is 0 Å². The fraction of sp³-hybridized carbons (Fsp3) is 0.938. The van der Waals surface area contributed by atoms with E-state index in [9.17, 15) is 4.79 Å². The van der Waals surface area contributed by atoms with Gasteiger partial charge >= 0.3 is 0 Å². The third-order valence-corrected chi connectivity index (χ3v) is 5.23. The molecular weight excluding hydrogens is 268 g/mol. The molecule has 2 aliphatic rings. The molecule has 1 saturated carbocycles. The minimum absolute atomic E-state index is 0.0381. The minimum Gasteiger partial charge on any atom is -0.306 e. The van der Waals surface area contributed by atoms with Crippen LogP contribution in [0.25, 0.3) is 0 Å². The topological polar surface area (TPSA) is 32.3 Å². The Morgan fingerprint density at radius 3 is 2.60 bits per heavy atom. The van der Waals surface area contributed by atoms with Crippen molar-refractivity contribution in [2.45, 2.75) is 58.8 Å². The monoisotopic (exact) mass is 300 g/mol. The van der Waals surface area contributed by atoms with Crippen LogP contribution in [0, 0.1) is 11.8 Å². The highest BCUT2D eigenvalue weighted by molar-refractivity contribution is 7.97. The average Bonchev–Trinajstić information content (AvgIpc) is 2.44. The standard InChI is InChI=1S/C10H19N.C6H13NOS/c1-11-7-6-9-4-2-3-5-10(9)8-11;1-3-4-5-9-7-6(2)8/h9-10H,2-8H2,1H3;3-5H2,1-2H3,(H,7,8). The van der Waals surface area contributed by atoms with E-state index in [1.165, 1.54) is 76.9 Å². The van der Waals surface area contributed by atoms with Gasteiger partial charge in [0.2, 0.25) is 5.91 Å². The van der Waals surface area contributed by atoms with Crippen LogP contribution in [-0.4, -0.2) is 36.7 Å². The molecule has 20 heavy (non-hydrogen) atoms. The first kappa shape index (κ1) is 17.8. The molecule has 4 heteroatoms. The summed E-state index contributed by atoms with van der Waals surface area (Å²) in [6.45, 7) is 6.39. The van der Waals surface area contributed by atoms with Gasteiger partial charge in [0.1, 0.15) is 0 Å². The number of hydrogen-bond donors (Lipinski definition) is 1. The molecule has 2 atom stereocenters. The second-order valence-electron chi connectivity index (χ2n) is 6.22. The number of hydrogen-bond acceptors (Lipinski definition) is 3. The van der Waals surface area contributed by atoms with Crippen LogP contribution >= 0.6 is 11.9 Å². The summed E-state index contributed by atoms with van der Waals surface area (Å²) in [6, 6.07) is 0. The Morgan fingerprint density at radius 2 is 1.95 bits per heavy atom. The number of amides is 1. The molecule has 0 aromatic carbocycles. The van der Waals surface area contributed by atoms with E-state index in [2.05, 4.69) is 23.6 Å². The van der Waals surface area contributed by atoms with E-state index in [4.69, 9.17) is 0 Å². The summed E-state index contributed by atoms with van der Waals surface area (Å²) < 4.78 is 2.66. The molecule has 1 aliphatic heterocycles. The van der Waals surface area contributed by atoms with Gasteiger partial charge in [0.05, 0.1) is 0 Å². The lowest BCUT2D eigenvalue weighted by Gasteiger charge is -2.39. The van der Waals surface area contributed by atoms with E-state index >= 15 is 0 Å². The molecule has 1 N–H and O–H groups in total. The van der Waals surface area contributed by atoms with Crippen molar-refractivity contribution in [1.82, 2.24) is 9.62 Å². The molecule has 0 spiro atoms. The molecule has 0 aromatic rings. The van der Waals surface area contributed by atoms with Crippen molar-refractivity contribution in [1.29, 1.82) is 0 Å². The second kappa shape index (κ2) is 10.5. The van der Waals surface area contributed by atoms with E-state index in [0.29, 0.717) is 0 Å². The lowest BCUT2D eigenvalue weighted by molar-refractivity contribution is -0.117. The molecule has 2 rings (SSSR count). The van der Waals surface area contributed by atoms with Gasteiger partial charge < -0.3 is 9.62 Å². The molecule has 118 valence electrons. The van der Waals surface area contributed by atoms with Crippen LogP contribution in [0.4, 0.5) is 0 Å². The molecule has 2 fully saturated rings. The maximum atomic E-state index is 10.3. The maximum Gasteiger partial charge on any atom is 0.226 e. The molecule has 0 aromatic heterocycles. The number of likely N-dealkylation sites (tertiary alicyclic amines) is 1. The van der Waals surface area contributed by atoms with Crippen molar-refractivity contribution in [3.63, 3.8) is 0 Å². The van der Waals surface area contributed by atoms with Crippen LogP contribution in [0.1, 0.15) is 58.8 Å². The normalized spacial score (nSPS) is 26.1. The lowest BCUT2D eigenvalue weighted by Crippen LogP contribution is -2.39. The van der Waals surface area contributed by atoms with Gasteiger partial charge in [-0.1, -0.05) is 44.6 Å². The van der Waals surface area contributed by atoms with Gasteiger partial charge in [0.25, 0.3) is 0 Å². The highest BCUT2D eigenvalue weighted by Crippen LogP contribution is 2.35. The van der Waals surface area contributed by atoms with Crippen molar-refractivity contribution < 1.29 is 4.79 Å². The SMILES string of the molecule is CCCCSNC(C)=O.CN1CCC2CCCCC2C1. The number of carbonyl (C=O) groups is 1. The molecule has 3 nitrogen and oxygen atoms in total. The van der Waals surface area contributed by atoms with Gasteiger partial charge in [-0.25, -0.2) is 0 Å². The molecule has 1 heterocycles. The van der Waals surface area contributed by atoms with E-state index in [-0.39, 0.29) is 5.91 Å². The third kappa shape index (κ3) is 7.53. The van der Waals surface area contributed by atoms with Crippen LogP contribution in [0.15, 0.2) is 0 Å². The Kier molecular flexibility index (Phi) is 9.36. The van der Waals surface area contributed by atoms with Crippen LogP contribution in [-0.2, 0) is 4.79 Å². The summed E-state index contributed by atoms with van der Waals surface area (Å²) in [6.07, 6.45) is 9.87. The predicted octanol–water partition coefficient (Wildman–Crippen LogP) is 3.70. The van der Waals surface area contributed by atoms with E-state index < -0.39 is 0 Å². The Hall–Kier alpha value is -0.220. The van der Waals surface area contributed by atoms with Gasteiger partial charge in [-0.05, 0) is 44.7 Å². The summed E-state index contributed by atoms with van der Waals surface area (Å²) >= 11 is 1.49. The summed E-state index contributed by atoms with van der Waals surface area (Å²) in [5.74, 6) is 3.22. The molecule has 1 aliphatic carbocycles. The molecule has 1 amide bonds. The highest BCUT2D eigenvalue weighted by atomic mass is 32.2. The average molecular weight is 301 g/mol. The number of rotatable bonds is 4. The molecule has 1 saturated heterocycles. The lowest BCUT2D eigenvalue weighted by atomic mass is 9.75. The van der Waals surface area contributed by atoms with Gasteiger partial charge in [-0.2, -0.15) is 0 Å². The number of fused-ring (bicyclic) bond motifs is 1. The van der Waals surface area contributed by atoms with Gasteiger partial charge in [-0.15, -0.1) is 0 Å². The quantitative estimate of drug-likeness (QED) is 0.635. The molecule has 2 unspecified atom stereocenters. The van der Waals surface area contributed by atoms with Gasteiger partial charge in [0.15, 0.2) is 0 Å². The van der Waals surface area contributed by atoms with E-state index in [1.54, 1.807) is 0 Å². The summed E-state index contributed by atoms with van der Waals surface area (Å²) in [7, 11) is 2.27. The summed E-state index contributed by atoms with van der Waals surface area (Å²) in [4.78, 5) is 12.8. The first-order valence-electron chi connectivity index (χ1n) is 8.20. The van der Waals surface area contributed by atoms with Crippen molar-refractivity contribution in [2.75, 3.05) is 25.9 Å². The van der Waals surface area contributed by atoms with E-state index in [0.717, 1.165) is 17.6 Å².